The van der Waals surface area contributed by atoms with Crippen molar-refractivity contribution in [3.05, 3.63) is 56.6 Å². The summed E-state index contributed by atoms with van der Waals surface area (Å²) < 4.78 is 0.832. The molecule has 8 heteroatoms. The molecule has 1 aliphatic carbocycles. The number of fused-ring (bicyclic) bond motifs is 1. The van der Waals surface area contributed by atoms with Crippen molar-refractivity contribution in [2.75, 3.05) is 52.4 Å². The van der Waals surface area contributed by atoms with Gasteiger partial charge < -0.3 is 15.6 Å². The van der Waals surface area contributed by atoms with Gasteiger partial charge in [0.25, 0.3) is 0 Å². The van der Waals surface area contributed by atoms with Gasteiger partial charge in [0.2, 0.25) is 5.91 Å². The van der Waals surface area contributed by atoms with E-state index in [0.29, 0.717) is 17.9 Å². The highest BCUT2D eigenvalue weighted by atomic mass is 79.9. The fraction of sp³-hybridized carbons (Fsp3) is 0.636. The number of likely N-dealkylation sites (tertiary alicyclic amines) is 1. The molecule has 2 N–H and O–H groups in total. The average molecular weight is 647 g/mol. The summed E-state index contributed by atoms with van der Waals surface area (Å²) in [6, 6.07) is 7.30. The van der Waals surface area contributed by atoms with Crippen LogP contribution in [0.15, 0.2) is 40.4 Å². The number of aryl methyl sites for hydroxylation is 1. The molecule has 3 aliphatic heterocycles. The molecule has 3 fully saturated rings. The number of nitrogens with one attached hydrogen (secondary N) is 2. The van der Waals surface area contributed by atoms with Crippen molar-refractivity contribution >= 4 is 39.7 Å². The third-order valence-electron chi connectivity index (χ3n) is 9.23. The van der Waals surface area contributed by atoms with E-state index in [0.717, 1.165) is 100 Å². The van der Waals surface area contributed by atoms with E-state index >= 15 is 0 Å². The number of halogens is 2. The Kier molecular flexibility index (Phi) is 12.9. The van der Waals surface area contributed by atoms with Crippen molar-refractivity contribution in [2.24, 2.45) is 5.92 Å². The topological polar surface area (TPSA) is 62.7 Å². The third-order valence-corrected chi connectivity index (χ3v) is 10.0. The van der Waals surface area contributed by atoms with Gasteiger partial charge in [-0.25, -0.2) is 0 Å². The minimum absolute atomic E-state index is 0.271. The SMILES string of the molecule is CC.N=CC(Br)=CCC1=CC(N2CCC(N3CCN(C(=O)CC4CCNCC4)CC3)CC2)c2ccc(Cl)cc2CC1. The molecule has 0 aromatic heterocycles. The minimum Gasteiger partial charge on any atom is -0.340 e. The van der Waals surface area contributed by atoms with Crippen LogP contribution in [-0.2, 0) is 11.2 Å². The average Bonchev–Trinajstić information content (AvgIpc) is 3.20. The molecule has 1 aromatic carbocycles. The number of benzene rings is 1. The van der Waals surface area contributed by atoms with Gasteiger partial charge in [0.05, 0.1) is 6.04 Å². The Balaban J connectivity index is 0.00000189. The molecule has 0 bridgehead atoms. The van der Waals surface area contributed by atoms with Gasteiger partial charge in [0.1, 0.15) is 0 Å². The number of rotatable bonds is 7. The monoisotopic (exact) mass is 645 g/mol. The number of hydrogen-bond donors (Lipinski definition) is 2. The molecule has 1 aromatic rings. The molecule has 226 valence electrons. The van der Waals surface area contributed by atoms with Crippen LogP contribution in [0.5, 0.6) is 0 Å². The lowest BCUT2D eigenvalue weighted by atomic mass is 9.93. The molecule has 41 heavy (non-hydrogen) atoms. The molecule has 0 spiro atoms. The molecule has 6 nitrogen and oxygen atoms in total. The van der Waals surface area contributed by atoms with Crippen molar-refractivity contribution in [3.8, 4) is 0 Å². The highest BCUT2D eigenvalue weighted by Crippen LogP contribution is 2.36. The largest absolute Gasteiger partial charge is 0.340 e. The first-order valence-corrected chi connectivity index (χ1v) is 17.0. The highest BCUT2D eigenvalue weighted by molar-refractivity contribution is 9.12. The summed E-state index contributed by atoms with van der Waals surface area (Å²) in [6.45, 7) is 12.0. The van der Waals surface area contributed by atoms with E-state index in [2.05, 4.69) is 60.2 Å². The Bertz CT molecular complexity index is 1070. The Hall–Kier alpha value is -1.51. The van der Waals surface area contributed by atoms with E-state index in [1.54, 1.807) is 0 Å². The van der Waals surface area contributed by atoms with Crippen LogP contribution in [0.2, 0.25) is 5.02 Å². The summed E-state index contributed by atoms with van der Waals surface area (Å²) in [5.41, 5.74) is 4.18. The Morgan fingerprint density at radius 3 is 2.41 bits per heavy atom. The molecule has 0 radical (unpaired) electrons. The zero-order valence-electron chi connectivity index (χ0n) is 25.0. The van der Waals surface area contributed by atoms with Crippen LogP contribution in [0.25, 0.3) is 0 Å². The second kappa shape index (κ2) is 16.4. The van der Waals surface area contributed by atoms with Crippen LogP contribution in [0, 0.1) is 11.3 Å². The van der Waals surface area contributed by atoms with E-state index in [4.69, 9.17) is 17.0 Å². The first-order valence-electron chi connectivity index (χ1n) is 15.8. The molecule has 1 atom stereocenters. The summed E-state index contributed by atoms with van der Waals surface area (Å²) in [4.78, 5) is 20.3. The predicted octanol–water partition coefficient (Wildman–Crippen LogP) is 6.60. The summed E-state index contributed by atoms with van der Waals surface area (Å²) in [5, 5.41) is 11.7. The maximum Gasteiger partial charge on any atom is 0.222 e. The summed E-state index contributed by atoms with van der Waals surface area (Å²) in [6.07, 6.45) is 14.2. The van der Waals surface area contributed by atoms with Gasteiger partial charge in [0, 0.05) is 67.5 Å². The van der Waals surface area contributed by atoms with Gasteiger partial charge in [-0.15, -0.1) is 0 Å². The van der Waals surface area contributed by atoms with E-state index in [1.165, 1.54) is 35.8 Å². The second-order valence-electron chi connectivity index (χ2n) is 11.6. The van der Waals surface area contributed by atoms with Crippen molar-refractivity contribution in [1.29, 1.82) is 5.41 Å². The molecule has 1 amide bonds. The Labute approximate surface area is 261 Å². The highest BCUT2D eigenvalue weighted by Gasteiger charge is 2.32. The summed E-state index contributed by atoms with van der Waals surface area (Å²) >= 11 is 9.87. The van der Waals surface area contributed by atoms with Crippen molar-refractivity contribution in [1.82, 2.24) is 20.0 Å². The second-order valence-corrected chi connectivity index (χ2v) is 13.0. The fourth-order valence-corrected chi connectivity index (χ4v) is 7.21. The number of nitrogens with zero attached hydrogens (tertiary/aromatic N) is 3. The van der Waals surface area contributed by atoms with Crippen molar-refractivity contribution < 1.29 is 4.79 Å². The maximum absolute atomic E-state index is 12.9. The number of carbonyl (C=O) groups is 1. The van der Waals surface area contributed by atoms with Gasteiger partial charge in [0.15, 0.2) is 0 Å². The van der Waals surface area contributed by atoms with Crippen LogP contribution in [-0.4, -0.2) is 85.2 Å². The Morgan fingerprint density at radius 1 is 1.02 bits per heavy atom. The number of hydrogen-bond acceptors (Lipinski definition) is 5. The minimum atomic E-state index is 0.271. The Morgan fingerprint density at radius 2 is 1.73 bits per heavy atom. The van der Waals surface area contributed by atoms with E-state index in [1.807, 2.05) is 19.9 Å². The summed E-state index contributed by atoms with van der Waals surface area (Å²) in [5.74, 6) is 0.933. The zero-order valence-corrected chi connectivity index (χ0v) is 27.4. The molecule has 4 aliphatic rings. The number of allylic oxidation sites excluding steroid dienone is 3. The normalized spacial score (nSPS) is 23.6. The molecule has 0 saturated carbocycles. The van der Waals surface area contributed by atoms with Gasteiger partial charge in [-0.3, -0.25) is 14.6 Å². The van der Waals surface area contributed by atoms with Gasteiger partial charge in [-0.2, -0.15) is 0 Å². The number of piperazine rings is 1. The quantitative estimate of drug-likeness (QED) is 0.259. The van der Waals surface area contributed by atoms with Gasteiger partial charge in [-0.1, -0.05) is 49.2 Å². The molecule has 1 unspecified atom stereocenters. The molecular formula is C33H49BrClN5O. The lowest BCUT2D eigenvalue weighted by Gasteiger charge is -2.44. The zero-order chi connectivity index (χ0) is 29.2. The van der Waals surface area contributed by atoms with Crippen LogP contribution in [0.4, 0.5) is 0 Å². The lowest BCUT2D eigenvalue weighted by Crippen LogP contribution is -2.54. The van der Waals surface area contributed by atoms with E-state index in [9.17, 15) is 4.79 Å². The number of carbonyl (C=O) groups excluding carboxylic acids is 1. The molecular weight excluding hydrogens is 598 g/mol. The van der Waals surface area contributed by atoms with E-state index < -0.39 is 0 Å². The fourth-order valence-electron chi connectivity index (χ4n) is 6.86. The maximum atomic E-state index is 12.9. The molecule has 3 saturated heterocycles. The molecule has 5 rings (SSSR count). The van der Waals surface area contributed by atoms with E-state index in [-0.39, 0.29) is 6.04 Å². The standard InChI is InChI=1S/C31H43BrClN5O.C2H6/c32-26(22-34)4-2-23-1-3-25-21-27(33)5-6-29(25)30(19-23)37-13-9-28(10-14-37)36-15-17-38(18-16-36)31(39)20-24-7-11-35-12-8-24;1-2/h4-6,19,21-22,24,28,30,34-35H,1-3,7-18,20H2;1-2H3. The van der Waals surface area contributed by atoms with Crippen LogP contribution < -0.4 is 5.32 Å². The lowest BCUT2D eigenvalue weighted by molar-refractivity contribution is -0.134. The number of piperidine rings is 2. The first kappa shape index (κ1) is 32.4. The van der Waals surface area contributed by atoms with Crippen LogP contribution in [0.1, 0.15) is 76.0 Å². The molecule has 3 heterocycles. The van der Waals surface area contributed by atoms with Crippen LogP contribution in [0.3, 0.4) is 0 Å². The third kappa shape index (κ3) is 8.99. The van der Waals surface area contributed by atoms with Crippen LogP contribution >= 0.6 is 27.5 Å². The summed E-state index contributed by atoms with van der Waals surface area (Å²) in [7, 11) is 0. The smallest absolute Gasteiger partial charge is 0.222 e. The van der Waals surface area contributed by atoms with Gasteiger partial charge in [-0.05, 0) is 103 Å². The number of amides is 1. The first-order chi connectivity index (χ1) is 20.0. The van der Waals surface area contributed by atoms with Gasteiger partial charge >= 0.3 is 0 Å². The predicted molar refractivity (Wildman–Crippen MR) is 175 cm³/mol. The van der Waals surface area contributed by atoms with Crippen molar-refractivity contribution in [3.63, 3.8) is 0 Å². The van der Waals surface area contributed by atoms with Crippen molar-refractivity contribution in [2.45, 2.75) is 77.3 Å².